The van der Waals surface area contributed by atoms with Crippen LogP contribution < -0.4 is 0 Å². The van der Waals surface area contributed by atoms with Crippen LogP contribution in [0.3, 0.4) is 0 Å². The molecule has 0 aliphatic rings. The van der Waals surface area contributed by atoms with Crippen molar-refractivity contribution in [3.63, 3.8) is 0 Å². The zero-order valence-corrected chi connectivity index (χ0v) is 13.5. The molecule has 0 radical (unpaired) electrons. The Balaban J connectivity index is 2.03. The summed E-state index contributed by atoms with van der Waals surface area (Å²) in [5, 5.41) is 0.637. The number of halogens is 2. The molecule has 0 aromatic heterocycles. The Morgan fingerprint density at radius 1 is 1.26 bits per heavy atom. The van der Waals surface area contributed by atoms with Gasteiger partial charge in [0.05, 0.1) is 5.75 Å². The van der Waals surface area contributed by atoms with E-state index in [-0.39, 0.29) is 5.78 Å². The van der Waals surface area contributed by atoms with Gasteiger partial charge in [0.2, 0.25) is 0 Å². The predicted octanol–water partition coefficient (Wildman–Crippen LogP) is 5.39. The molecule has 1 nitrogen and oxygen atoms in total. The number of aryl methyl sites for hydroxylation is 1. The second kappa shape index (κ2) is 6.60. The average Bonchev–Trinajstić information content (AvgIpc) is 2.39. The summed E-state index contributed by atoms with van der Waals surface area (Å²) < 4.78 is 1.02. The quantitative estimate of drug-likeness (QED) is 0.540. The lowest BCUT2D eigenvalue weighted by Crippen LogP contribution is -2.02. The molecular weight excluding hydrogens is 344 g/mol. The van der Waals surface area contributed by atoms with Gasteiger partial charge >= 0.3 is 0 Å². The molecule has 0 N–H and O–H groups in total. The highest BCUT2D eigenvalue weighted by Gasteiger charge is 2.08. The maximum atomic E-state index is 12.1. The third-order valence-electron chi connectivity index (χ3n) is 2.66. The molecule has 0 aliphatic carbocycles. The smallest absolute Gasteiger partial charge is 0.173 e. The van der Waals surface area contributed by atoms with Crippen LogP contribution >= 0.6 is 39.3 Å². The fraction of sp³-hybridized carbons (Fsp3) is 0.133. The summed E-state index contributed by atoms with van der Waals surface area (Å²) in [6.45, 7) is 1.92. The number of ketones is 1. The van der Waals surface area contributed by atoms with E-state index in [1.165, 1.54) is 11.8 Å². The van der Waals surface area contributed by atoms with Crippen LogP contribution in [0.4, 0.5) is 0 Å². The standard InChI is InChI=1S/C15H12BrClOS/c1-10-5-6-11(7-14(10)17)15(18)9-19-13-4-2-3-12(16)8-13/h2-8H,9H2,1H3. The monoisotopic (exact) mass is 354 g/mol. The number of rotatable bonds is 4. The number of benzene rings is 2. The maximum absolute atomic E-state index is 12.1. The molecule has 0 fully saturated rings. The fourth-order valence-corrected chi connectivity index (χ4v) is 3.14. The molecule has 0 saturated carbocycles. The third-order valence-corrected chi connectivity index (χ3v) is 4.55. The van der Waals surface area contributed by atoms with Crippen LogP contribution in [0, 0.1) is 6.92 Å². The minimum atomic E-state index is 0.0897. The molecule has 2 aromatic rings. The molecule has 0 atom stereocenters. The van der Waals surface area contributed by atoms with Crippen molar-refractivity contribution in [1.82, 2.24) is 0 Å². The highest BCUT2D eigenvalue weighted by atomic mass is 79.9. The molecule has 19 heavy (non-hydrogen) atoms. The van der Waals surface area contributed by atoms with Gasteiger partial charge in [0.15, 0.2) is 5.78 Å². The summed E-state index contributed by atoms with van der Waals surface area (Å²) in [5.74, 6) is 0.502. The molecule has 0 heterocycles. The first-order chi connectivity index (χ1) is 9.06. The van der Waals surface area contributed by atoms with Crippen molar-refractivity contribution in [1.29, 1.82) is 0 Å². The highest BCUT2D eigenvalue weighted by Crippen LogP contribution is 2.24. The van der Waals surface area contributed by atoms with Crippen molar-refractivity contribution >= 4 is 45.1 Å². The van der Waals surface area contributed by atoms with E-state index in [4.69, 9.17) is 11.6 Å². The molecule has 0 bridgehead atoms. The Bertz CT molecular complexity index is 613. The summed E-state index contributed by atoms with van der Waals surface area (Å²) >= 11 is 11.0. The van der Waals surface area contributed by atoms with E-state index < -0.39 is 0 Å². The van der Waals surface area contributed by atoms with Gasteiger partial charge in [-0.1, -0.05) is 45.7 Å². The van der Waals surface area contributed by atoms with E-state index in [1.807, 2.05) is 43.3 Å². The molecule has 2 aromatic carbocycles. The predicted molar refractivity (Wildman–Crippen MR) is 85.4 cm³/mol. The van der Waals surface area contributed by atoms with Crippen LogP contribution in [0.15, 0.2) is 51.8 Å². The highest BCUT2D eigenvalue weighted by molar-refractivity contribution is 9.10. The Morgan fingerprint density at radius 3 is 2.74 bits per heavy atom. The van der Waals surface area contributed by atoms with Gasteiger partial charge in [0, 0.05) is 20.0 Å². The normalized spacial score (nSPS) is 10.5. The van der Waals surface area contributed by atoms with E-state index in [9.17, 15) is 4.79 Å². The number of carbonyl (C=O) groups is 1. The zero-order valence-electron chi connectivity index (χ0n) is 10.3. The first-order valence-electron chi connectivity index (χ1n) is 5.74. The molecule has 0 aliphatic heterocycles. The fourth-order valence-electron chi connectivity index (χ4n) is 1.56. The maximum Gasteiger partial charge on any atom is 0.173 e. The summed E-state index contributed by atoms with van der Waals surface area (Å²) in [5.41, 5.74) is 1.65. The van der Waals surface area contributed by atoms with Gasteiger partial charge in [0.1, 0.15) is 0 Å². The lowest BCUT2D eigenvalue weighted by molar-refractivity contribution is 0.102. The third kappa shape index (κ3) is 4.10. The van der Waals surface area contributed by atoms with Gasteiger partial charge in [-0.25, -0.2) is 0 Å². The number of hydrogen-bond acceptors (Lipinski definition) is 2. The largest absolute Gasteiger partial charge is 0.293 e. The van der Waals surface area contributed by atoms with E-state index in [1.54, 1.807) is 6.07 Å². The van der Waals surface area contributed by atoms with Crippen LogP contribution in [-0.4, -0.2) is 11.5 Å². The van der Waals surface area contributed by atoms with Gasteiger partial charge in [-0.05, 0) is 36.8 Å². The van der Waals surface area contributed by atoms with E-state index in [0.717, 1.165) is 14.9 Å². The lowest BCUT2D eigenvalue weighted by Gasteiger charge is -2.04. The Hall–Kier alpha value is -0.770. The van der Waals surface area contributed by atoms with Crippen LogP contribution in [0.5, 0.6) is 0 Å². The first-order valence-corrected chi connectivity index (χ1v) is 7.89. The summed E-state index contributed by atoms with van der Waals surface area (Å²) in [6.07, 6.45) is 0. The lowest BCUT2D eigenvalue weighted by atomic mass is 10.1. The second-order valence-corrected chi connectivity index (χ2v) is 6.50. The molecular formula is C15H12BrClOS. The molecule has 0 amide bonds. The minimum Gasteiger partial charge on any atom is -0.293 e. The number of hydrogen-bond donors (Lipinski definition) is 0. The Morgan fingerprint density at radius 2 is 2.05 bits per heavy atom. The zero-order chi connectivity index (χ0) is 13.8. The van der Waals surface area contributed by atoms with Crippen LogP contribution in [-0.2, 0) is 0 Å². The second-order valence-electron chi connectivity index (χ2n) is 4.13. The number of Topliss-reactive ketones (excluding diaryl/α,β-unsaturated/α-hetero) is 1. The summed E-state index contributed by atoms with van der Waals surface area (Å²) in [7, 11) is 0. The molecule has 0 saturated heterocycles. The Labute approximate surface area is 130 Å². The number of thioether (sulfide) groups is 1. The van der Waals surface area contributed by atoms with Gasteiger partial charge in [-0.2, -0.15) is 0 Å². The minimum absolute atomic E-state index is 0.0897. The molecule has 2 rings (SSSR count). The van der Waals surface area contributed by atoms with Crippen molar-refractivity contribution in [2.75, 3.05) is 5.75 Å². The SMILES string of the molecule is Cc1ccc(C(=O)CSc2cccc(Br)c2)cc1Cl. The van der Waals surface area contributed by atoms with Crippen molar-refractivity contribution < 1.29 is 4.79 Å². The van der Waals surface area contributed by atoms with Crippen molar-refractivity contribution in [2.45, 2.75) is 11.8 Å². The van der Waals surface area contributed by atoms with Crippen molar-refractivity contribution in [3.8, 4) is 0 Å². The van der Waals surface area contributed by atoms with E-state index in [0.29, 0.717) is 16.3 Å². The summed E-state index contributed by atoms with van der Waals surface area (Å²) in [6, 6.07) is 13.3. The van der Waals surface area contributed by atoms with Crippen LogP contribution in [0.25, 0.3) is 0 Å². The van der Waals surface area contributed by atoms with Gasteiger partial charge in [-0.3, -0.25) is 4.79 Å². The van der Waals surface area contributed by atoms with E-state index >= 15 is 0 Å². The molecule has 0 unspecified atom stereocenters. The summed E-state index contributed by atoms with van der Waals surface area (Å²) in [4.78, 5) is 13.1. The topological polar surface area (TPSA) is 17.1 Å². The molecule has 98 valence electrons. The molecule has 0 spiro atoms. The average molecular weight is 356 g/mol. The van der Waals surface area contributed by atoms with E-state index in [2.05, 4.69) is 15.9 Å². The van der Waals surface area contributed by atoms with Crippen molar-refractivity contribution in [3.05, 3.63) is 63.1 Å². The molecule has 4 heteroatoms. The first kappa shape index (κ1) is 14.6. The van der Waals surface area contributed by atoms with Gasteiger partial charge in [0.25, 0.3) is 0 Å². The van der Waals surface area contributed by atoms with Crippen molar-refractivity contribution in [2.24, 2.45) is 0 Å². The van der Waals surface area contributed by atoms with Crippen LogP contribution in [0.1, 0.15) is 15.9 Å². The number of carbonyl (C=O) groups excluding carboxylic acids is 1. The van der Waals surface area contributed by atoms with Gasteiger partial charge in [-0.15, -0.1) is 11.8 Å². The van der Waals surface area contributed by atoms with Gasteiger partial charge < -0.3 is 0 Å². The van der Waals surface area contributed by atoms with Crippen LogP contribution in [0.2, 0.25) is 5.02 Å². The Kier molecular flexibility index (Phi) is 5.08.